The van der Waals surface area contributed by atoms with Gasteiger partial charge in [-0.3, -0.25) is 0 Å². The minimum absolute atomic E-state index is 0.462. The van der Waals surface area contributed by atoms with Gasteiger partial charge < -0.3 is 10.1 Å². The number of hydrogen-bond donors (Lipinski definition) is 1. The van der Waals surface area contributed by atoms with E-state index < -0.39 is 0 Å². The highest BCUT2D eigenvalue weighted by Gasteiger charge is 2.24. The van der Waals surface area contributed by atoms with E-state index in [1.165, 1.54) is 30.5 Å². The average molecular weight is 233 g/mol. The van der Waals surface area contributed by atoms with E-state index in [1.54, 1.807) is 7.11 Å². The minimum Gasteiger partial charge on any atom is -0.481 e. The number of rotatable bonds is 2. The molecule has 1 saturated heterocycles. The monoisotopic (exact) mass is 233 g/mol. The van der Waals surface area contributed by atoms with Crippen LogP contribution in [0, 0.1) is 0 Å². The van der Waals surface area contributed by atoms with E-state index in [-0.39, 0.29) is 0 Å². The maximum absolute atomic E-state index is 5.42. The van der Waals surface area contributed by atoms with Crippen molar-refractivity contribution in [2.24, 2.45) is 0 Å². The minimum atomic E-state index is 0.462. The van der Waals surface area contributed by atoms with Gasteiger partial charge in [0.15, 0.2) is 0 Å². The van der Waals surface area contributed by atoms with E-state index in [2.05, 4.69) is 10.3 Å². The van der Waals surface area contributed by atoms with Crippen molar-refractivity contribution in [3.05, 3.63) is 17.1 Å². The van der Waals surface area contributed by atoms with E-state index in [4.69, 9.17) is 9.72 Å². The highest BCUT2D eigenvalue weighted by Crippen LogP contribution is 2.30. The molecule has 4 nitrogen and oxygen atoms in total. The Kier molecular flexibility index (Phi) is 2.97. The predicted molar refractivity (Wildman–Crippen MR) is 65.5 cm³/mol. The molecule has 1 aromatic heterocycles. The van der Waals surface area contributed by atoms with E-state index in [9.17, 15) is 0 Å². The highest BCUT2D eigenvalue weighted by molar-refractivity contribution is 5.35. The van der Waals surface area contributed by atoms with Gasteiger partial charge in [0.1, 0.15) is 5.82 Å². The average Bonchev–Trinajstić information content (AvgIpc) is 2.86. The van der Waals surface area contributed by atoms with Gasteiger partial charge in [0, 0.05) is 18.0 Å². The number of nitrogens with zero attached hydrogens (tertiary/aromatic N) is 2. The zero-order valence-electron chi connectivity index (χ0n) is 10.3. The second-order valence-corrected chi connectivity index (χ2v) is 4.91. The molecule has 2 heterocycles. The molecule has 1 atom stereocenters. The summed E-state index contributed by atoms with van der Waals surface area (Å²) in [6.45, 7) is 2.13. The van der Waals surface area contributed by atoms with Crippen molar-refractivity contribution >= 4 is 0 Å². The summed E-state index contributed by atoms with van der Waals surface area (Å²) >= 11 is 0. The molecule has 0 bridgehead atoms. The van der Waals surface area contributed by atoms with Crippen molar-refractivity contribution < 1.29 is 4.74 Å². The Labute approximate surface area is 102 Å². The molecule has 1 aromatic rings. The van der Waals surface area contributed by atoms with Gasteiger partial charge >= 0.3 is 0 Å². The van der Waals surface area contributed by atoms with Crippen LogP contribution in [0.1, 0.15) is 42.3 Å². The van der Waals surface area contributed by atoms with Gasteiger partial charge in [0.25, 0.3) is 0 Å². The standard InChI is InChI=1S/C13H19N3O/c1-17-13-10-5-2-6-11(10)15-12(16-13)9-4-3-7-14-8-9/h9,14H,2-8H2,1H3. The number of aromatic nitrogens is 2. The van der Waals surface area contributed by atoms with Gasteiger partial charge in [-0.05, 0) is 38.6 Å². The number of aryl methyl sites for hydroxylation is 1. The van der Waals surface area contributed by atoms with Crippen LogP contribution in [0.25, 0.3) is 0 Å². The van der Waals surface area contributed by atoms with Crippen molar-refractivity contribution in [3.8, 4) is 5.88 Å². The number of piperidine rings is 1. The first-order valence-electron chi connectivity index (χ1n) is 6.53. The summed E-state index contributed by atoms with van der Waals surface area (Å²) in [5.74, 6) is 2.26. The van der Waals surface area contributed by atoms with Crippen molar-refractivity contribution in [2.45, 2.75) is 38.0 Å². The molecule has 4 heteroatoms. The molecule has 0 aromatic carbocycles. The quantitative estimate of drug-likeness (QED) is 0.839. The third kappa shape index (κ3) is 2.02. The normalized spacial score (nSPS) is 23.5. The number of nitrogens with one attached hydrogen (secondary N) is 1. The maximum Gasteiger partial charge on any atom is 0.219 e. The highest BCUT2D eigenvalue weighted by atomic mass is 16.5. The Morgan fingerprint density at radius 1 is 1.24 bits per heavy atom. The lowest BCUT2D eigenvalue weighted by Crippen LogP contribution is -2.29. The first-order valence-corrected chi connectivity index (χ1v) is 6.53. The summed E-state index contributed by atoms with van der Waals surface area (Å²) in [5, 5.41) is 3.42. The number of methoxy groups -OCH3 is 1. The molecule has 1 unspecified atom stereocenters. The lowest BCUT2D eigenvalue weighted by molar-refractivity contribution is 0.381. The van der Waals surface area contributed by atoms with Gasteiger partial charge in [-0.1, -0.05) is 0 Å². The first kappa shape index (κ1) is 11.0. The van der Waals surface area contributed by atoms with Crippen molar-refractivity contribution in [1.29, 1.82) is 0 Å². The molecule has 0 saturated carbocycles. The molecule has 0 amide bonds. The number of ether oxygens (including phenoxy) is 1. The summed E-state index contributed by atoms with van der Waals surface area (Å²) < 4.78 is 5.42. The van der Waals surface area contributed by atoms with Crippen molar-refractivity contribution in [1.82, 2.24) is 15.3 Å². The van der Waals surface area contributed by atoms with Crippen molar-refractivity contribution in [2.75, 3.05) is 20.2 Å². The fraction of sp³-hybridized carbons (Fsp3) is 0.692. The number of fused-ring (bicyclic) bond motifs is 1. The summed E-state index contributed by atoms with van der Waals surface area (Å²) in [5.41, 5.74) is 2.46. The molecule has 1 fully saturated rings. The van der Waals surface area contributed by atoms with Crippen LogP contribution >= 0.6 is 0 Å². The molecule has 0 spiro atoms. The van der Waals surface area contributed by atoms with E-state index >= 15 is 0 Å². The lowest BCUT2D eigenvalue weighted by atomic mass is 9.98. The predicted octanol–water partition coefficient (Wildman–Crippen LogP) is 1.44. The van der Waals surface area contributed by atoms with Crippen LogP contribution in [-0.4, -0.2) is 30.2 Å². The molecule has 92 valence electrons. The summed E-state index contributed by atoms with van der Waals surface area (Å²) in [4.78, 5) is 9.37. The zero-order valence-corrected chi connectivity index (χ0v) is 10.3. The summed E-state index contributed by atoms with van der Waals surface area (Å²) in [6, 6.07) is 0. The fourth-order valence-corrected chi connectivity index (χ4v) is 2.84. The van der Waals surface area contributed by atoms with E-state index in [0.29, 0.717) is 5.92 Å². The smallest absolute Gasteiger partial charge is 0.219 e. The molecule has 1 aliphatic heterocycles. The maximum atomic E-state index is 5.42. The van der Waals surface area contributed by atoms with Gasteiger partial charge in [-0.25, -0.2) is 4.98 Å². The molecule has 2 aliphatic rings. The topological polar surface area (TPSA) is 47.0 Å². The second-order valence-electron chi connectivity index (χ2n) is 4.91. The third-order valence-corrected chi connectivity index (χ3v) is 3.77. The largest absolute Gasteiger partial charge is 0.481 e. The Balaban J connectivity index is 1.94. The lowest BCUT2D eigenvalue weighted by Gasteiger charge is -2.22. The van der Waals surface area contributed by atoms with Gasteiger partial charge in [0.05, 0.1) is 12.8 Å². The summed E-state index contributed by atoms with van der Waals surface area (Å²) in [7, 11) is 1.71. The molecule has 1 aliphatic carbocycles. The van der Waals surface area contributed by atoms with Crippen LogP contribution < -0.4 is 10.1 Å². The van der Waals surface area contributed by atoms with Crippen molar-refractivity contribution in [3.63, 3.8) is 0 Å². The molecular formula is C13H19N3O. The molecule has 1 N–H and O–H groups in total. The van der Waals surface area contributed by atoms with E-state index in [0.717, 1.165) is 37.6 Å². The molecule has 17 heavy (non-hydrogen) atoms. The Morgan fingerprint density at radius 3 is 2.94 bits per heavy atom. The third-order valence-electron chi connectivity index (χ3n) is 3.77. The van der Waals surface area contributed by atoms with E-state index in [1.807, 2.05) is 0 Å². The van der Waals surface area contributed by atoms with Gasteiger partial charge in [0.2, 0.25) is 5.88 Å². The van der Waals surface area contributed by atoms with Crippen LogP contribution in [0.15, 0.2) is 0 Å². The van der Waals surface area contributed by atoms with Crippen LogP contribution in [-0.2, 0) is 12.8 Å². The fourth-order valence-electron chi connectivity index (χ4n) is 2.84. The van der Waals surface area contributed by atoms with Gasteiger partial charge in [-0.2, -0.15) is 4.98 Å². The Bertz CT molecular complexity index is 413. The Hall–Kier alpha value is -1.16. The van der Waals surface area contributed by atoms with Gasteiger partial charge in [-0.15, -0.1) is 0 Å². The molecule has 0 radical (unpaired) electrons. The van der Waals surface area contributed by atoms with Crippen LogP contribution in [0.5, 0.6) is 5.88 Å². The van der Waals surface area contributed by atoms with Crippen LogP contribution in [0.2, 0.25) is 0 Å². The Morgan fingerprint density at radius 2 is 2.18 bits per heavy atom. The molecular weight excluding hydrogens is 214 g/mol. The summed E-state index contributed by atoms with van der Waals surface area (Å²) in [6.07, 6.45) is 5.75. The first-order chi connectivity index (χ1) is 8.38. The number of hydrogen-bond acceptors (Lipinski definition) is 4. The second kappa shape index (κ2) is 4.61. The van der Waals surface area contributed by atoms with Crippen LogP contribution in [0.3, 0.4) is 0 Å². The molecule has 3 rings (SSSR count). The zero-order chi connectivity index (χ0) is 11.7. The SMILES string of the molecule is COc1nc(C2CCCNC2)nc2c1CCC2. The van der Waals surface area contributed by atoms with Crippen LogP contribution in [0.4, 0.5) is 0 Å².